The van der Waals surface area contributed by atoms with E-state index in [1.165, 1.54) is 0 Å². The molecule has 5 nitrogen and oxygen atoms in total. The first-order valence-corrected chi connectivity index (χ1v) is 7.91. The summed E-state index contributed by atoms with van der Waals surface area (Å²) >= 11 is 0. The molecule has 1 aromatic carbocycles. The zero-order valence-corrected chi connectivity index (χ0v) is 13.3. The zero-order valence-electron chi connectivity index (χ0n) is 13.3. The van der Waals surface area contributed by atoms with Gasteiger partial charge in [0.25, 0.3) is 5.91 Å². The Morgan fingerprint density at radius 2 is 1.68 bits per heavy atom. The molecule has 5 heteroatoms. The third-order valence-corrected chi connectivity index (χ3v) is 4.41. The molecule has 0 N–H and O–H groups in total. The molecule has 22 heavy (non-hydrogen) atoms. The van der Waals surface area contributed by atoms with E-state index in [2.05, 4.69) is 0 Å². The molecule has 0 unspecified atom stereocenters. The summed E-state index contributed by atoms with van der Waals surface area (Å²) in [6.07, 6.45) is 2.07. The minimum absolute atomic E-state index is 0.0576. The van der Waals surface area contributed by atoms with Crippen molar-refractivity contribution in [2.24, 2.45) is 5.92 Å². The maximum absolute atomic E-state index is 12.6. The molecule has 1 saturated carbocycles. The van der Waals surface area contributed by atoms with Crippen LogP contribution in [0.1, 0.15) is 23.2 Å². The van der Waals surface area contributed by atoms with Crippen molar-refractivity contribution in [3.05, 3.63) is 29.8 Å². The maximum atomic E-state index is 12.6. The summed E-state index contributed by atoms with van der Waals surface area (Å²) in [5.41, 5.74) is 1.74. The lowest BCUT2D eigenvalue weighted by atomic mass is 10.1. The van der Waals surface area contributed by atoms with Crippen LogP contribution in [0.25, 0.3) is 0 Å². The van der Waals surface area contributed by atoms with Gasteiger partial charge >= 0.3 is 0 Å². The van der Waals surface area contributed by atoms with E-state index >= 15 is 0 Å². The lowest BCUT2D eigenvalue weighted by Crippen LogP contribution is -2.51. The predicted octanol–water partition coefficient (Wildman–Crippen LogP) is 1.45. The Hall–Kier alpha value is -2.04. The Morgan fingerprint density at radius 3 is 2.27 bits per heavy atom. The molecule has 1 heterocycles. The van der Waals surface area contributed by atoms with E-state index in [1.807, 2.05) is 53.1 Å². The van der Waals surface area contributed by atoms with E-state index in [-0.39, 0.29) is 17.7 Å². The second kappa shape index (κ2) is 5.99. The van der Waals surface area contributed by atoms with Gasteiger partial charge in [0.1, 0.15) is 0 Å². The molecule has 1 aliphatic heterocycles. The molecular formula is C17H23N3O2. The maximum Gasteiger partial charge on any atom is 0.254 e. The van der Waals surface area contributed by atoms with E-state index < -0.39 is 0 Å². The van der Waals surface area contributed by atoms with Crippen LogP contribution in [0.5, 0.6) is 0 Å². The molecule has 1 aromatic rings. The van der Waals surface area contributed by atoms with Crippen LogP contribution < -0.4 is 4.90 Å². The fourth-order valence-electron chi connectivity index (χ4n) is 2.82. The van der Waals surface area contributed by atoms with Crippen molar-refractivity contribution >= 4 is 17.5 Å². The Balaban J connectivity index is 1.62. The number of benzene rings is 1. The van der Waals surface area contributed by atoms with Gasteiger partial charge in [-0.25, -0.2) is 0 Å². The normalized spacial score (nSPS) is 18.3. The van der Waals surface area contributed by atoms with Crippen LogP contribution in [0.4, 0.5) is 5.69 Å². The van der Waals surface area contributed by atoms with E-state index in [1.54, 1.807) is 0 Å². The lowest BCUT2D eigenvalue weighted by molar-refractivity contribution is -0.134. The highest BCUT2D eigenvalue weighted by Gasteiger charge is 2.35. The van der Waals surface area contributed by atoms with Gasteiger partial charge in [0.05, 0.1) is 0 Å². The third kappa shape index (κ3) is 3.08. The Morgan fingerprint density at radius 1 is 1.05 bits per heavy atom. The SMILES string of the molecule is CN(C)c1cccc(C(=O)N2CCN(C(=O)C3CC3)CC2)c1. The van der Waals surface area contributed by atoms with Gasteiger partial charge in [-0.2, -0.15) is 0 Å². The Labute approximate surface area is 131 Å². The first-order chi connectivity index (χ1) is 10.6. The standard InChI is InChI=1S/C17H23N3O2/c1-18(2)15-5-3-4-14(12-15)17(22)20-10-8-19(9-11-20)16(21)13-6-7-13/h3-5,12-13H,6-11H2,1-2H3. The van der Waals surface area contributed by atoms with Crippen molar-refractivity contribution in [3.63, 3.8) is 0 Å². The molecule has 0 bridgehead atoms. The van der Waals surface area contributed by atoms with E-state index in [0.29, 0.717) is 31.7 Å². The molecule has 2 aliphatic rings. The van der Waals surface area contributed by atoms with Crippen LogP contribution in [-0.4, -0.2) is 61.9 Å². The van der Waals surface area contributed by atoms with E-state index in [0.717, 1.165) is 18.5 Å². The Bertz CT molecular complexity index is 573. The first-order valence-electron chi connectivity index (χ1n) is 7.91. The highest BCUT2D eigenvalue weighted by Crippen LogP contribution is 2.31. The molecule has 1 saturated heterocycles. The molecule has 1 aliphatic carbocycles. The third-order valence-electron chi connectivity index (χ3n) is 4.41. The minimum Gasteiger partial charge on any atom is -0.378 e. The van der Waals surface area contributed by atoms with Crippen LogP contribution in [-0.2, 0) is 4.79 Å². The average molecular weight is 301 g/mol. The summed E-state index contributed by atoms with van der Waals surface area (Å²) in [6, 6.07) is 7.68. The van der Waals surface area contributed by atoms with Gasteiger partial charge in [-0.05, 0) is 31.0 Å². The monoisotopic (exact) mass is 301 g/mol. The van der Waals surface area contributed by atoms with Crippen molar-refractivity contribution in [3.8, 4) is 0 Å². The van der Waals surface area contributed by atoms with E-state index in [9.17, 15) is 9.59 Å². The highest BCUT2D eigenvalue weighted by molar-refractivity contribution is 5.95. The van der Waals surface area contributed by atoms with Crippen molar-refractivity contribution < 1.29 is 9.59 Å². The van der Waals surface area contributed by atoms with Crippen LogP contribution in [0.3, 0.4) is 0 Å². The summed E-state index contributed by atoms with van der Waals surface area (Å²) in [7, 11) is 3.93. The average Bonchev–Trinajstić information content (AvgIpc) is 3.38. The van der Waals surface area contributed by atoms with Gasteiger partial charge < -0.3 is 14.7 Å². The molecule has 0 atom stereocenters. The summed E-state index contributed by atoms with van der Waals surface area (Å²) in [5.74, 6) is 0.600. The lowest BCUT2D eigenvalue weighted by Gasteiger charge is -2.35. The second-order valence-corrected chi connectivity index (χ2v) is 6.34. The topological polar surface area (TPSA) is 43.9 Å². The minimum atomic E-state index is 0.0576. The van der Waals surface area contributed by atoms with Crippen molar-refractivity contribution in [1.82, 2.24) is 9.80 Å². The van der Waals surface area contributed by atoms with Crippen molar-refractivity contribution in [1.29, 1.82) is 0 Å². The van der Waals surface area contributed by atoms with Gasteiger partial charge in [-0.1, -0.05) is 6.07 Å². The fraction of sp³-hybridized carbons (Fsp3) is 0.529. The molecule has 0 radical (unpaired) electrons. The number of piperazine rings is 1. The molecular weight excluding hydrogens is 278 g/mol. The van der Waals surface area contributed by atoms with Crippen LogP contribution in [0.2, 0.25) is 0 Å². The summed E-state index contributed by atoms with van der Waals surface area (Å²) in [4.78, 5) is 30.4. The fourth-order valence-corrected chi connectivity index (χ4v) is 2.82. The highest BCUT2D eigenvalue weighted by atomic mass is 16.2. The van der Waals surface area contributed by atoms with Crippen molar-refractivity contribution in [2.75, 3.05) is 45.2 Å². The summed E-state index contributed by atoms with van der Waals surface area (Å²) in [6.45, 7) is 2.58. The number of carbonyl (C=O) groups is 2. The summed E-state index contributed by atoms with van der Waals surface area (Å²) in [5, 5.41) is 0. The number of hydrogen-bond donors (Lipinski definition) is 0. The van der Waals surface area contributed by atoms with Gasteiger partial charge in [0, 0.05) is 57.4 Å². The number of rotatable bonds is 3. The number of amides is 2. The van der Waals surface area contributed by atoms with Crippen LogP contribution >= 0.6 is 0 Å². The van der Waals surface area contributed by atoms with Gasteiger partial charge in [-0.3, -0.25) is 9.59 Å². The van der Waals surface area contributed by atoms with Gasteiger partial charge in [-0.15, -0.1) is 0 Å². The summed E-state index contributed by atoms with van der Waals surface area (Å²) < 4.78 is 0. The van der Waals surface area contributed by atoms with Crippen LogP contribution in [0.15, 0.2) is 24.3 Å². The number of carbonyl (C=O) groups excluding carboxylic acids is 2. The number of nitrogens with zero attached hydrogens (tertiary/aromatic N) is 3. The second-order valence-electron chi connectivity index (χ2n) is 6.34. The number of hydrogen-bond acceptors (Lipinski definition) is 3. The Kier molecular flexibility index (Phi) is 4.05. The van der Waals surface area contributed by atoms with Gasteiger partial charge in [0.15, 0.2) is 0 Å². The smallest absolute Gasteiger partial charge is 0.254 e. The predicted molar refractivity (Wildman–Crippen MR) is 86.0 cm³/mol. The molecule has 0 aromatic heterocycles. The molecule has 2 fully saturated rings. The quantitative estimate of drug-likeness (QED) is 0.849. The molecule has 0 spiro atoms. The zero-order chi connectivity index (χ0) is 15.7. The van der Waals surface area contributed by atoms with Crippen molar-refractivity contribution in [2.45, 2.75) is 12.8 Å². The molecule has 3 rings (SSSR count). The largest absolute Gasteiger partial charge is 0.378 e. The molecule has 118 valence electrons. The number of anilines is 1. The van der Waals surface area contributed by atoms with Crippen LogP contribution in [0, 0.1) is 5.92 Å². The van der Waals surface area contributed by atoms with E-state index in [4.69, 9.17) is 0 Å². The molecule has 2 amide bonds. The van der Waals surface area contributed by atoms with Gasteiger partial charge in [0.2, 0.25) is 5.91 Å². The first kappa shape index (κ1) is 14.9.